The molecule has 0 aromatic carbocycles. The molecule has 0 spiro atoms. The second-order valence-corrected chi connectivity index (χ2v) is 2.10. The van der Waals surface area contributed by atoms with Crippen LogP contribution in [0.4, 0.5) is 0 Å². The Morgan fingerprint density at radius 3 is 2.40 bits per heavy atom. The molecule has 0 heterocycles. The topological polar surface area (TPSA) is 73.6 Å². The number of hydrogen-bond acceptors (Lipinski definition) is 3. The van der Waals surface area contributed by atoms with Gasteiger partial charge in [0.1, 0.15) is 0 Å². The zero-order valence-corrected chi connectivity index (χ0v) is 5.88. The lowest BCUT2D eigenvalue weighted by molar-refractivity contribution is 0.572. The molecule has 54 valence electrons. The fraction of sp³-hybridized carbons (Fsp3) is 0.714. The molecule has 0 fully saturated rings. The van der Waals surface area contributed by atoms with Gasteiger partial charge in [-0.3, -0.25) is 0 Å². The first-order valence-corrected chi connectivity index (χ1v) is 3.31. The Balaban J connectivity index is 3.45. The van der Waals surface area contributed by atoms with E-state index in [9.17, 15) is 0 Å². The van der Waals surface area contributed by atoms with Crippen molar-refractivity contribution in [1.82, 2.24) is 0 Å². The highest BCUT2D eigenvalue weighted by atomic mass is 14.5. The highest BCUT2D eigenvalue weighted by Crippen LogP contribution is 2.07. The molecule has 0 saturated carbocycles. The van der Waals surface area contributed by atoms with Crippen molar-refractivity contribution in [3.05, 3.63) is 0 Å². The van der Waals surface area contributed by atoms with Gasteiger partial charge in [0, 0.05) is 12.3 Å². The highest BCUT2D eigenvalue weighted by molar-refractivity contribution is 4.85. The lowest BCUT2D eigenvalue weighted by atomic mass is 10.0. The van der Waals surface area contributed by atoms with Gasteiger partial charge in [-0.2, -0.15) is 10.5 Å². The van der Waals surface area contributed by atoms with Crippen LogP contribution in [0.3, 0.4) is 0 Å². The van der Waals surface area contributed by atoms with E-state index in [1.807, 2.05) is 6.07 Å². The van der Waals surface area contributed by atoms with Gasteiger partial charge in [0.15, 0.2) is 0 Å². The second kappa shape index (κ2) is 6.07. The normalized spacial score (nSPS) is 11.5. The van der Waals surface area contributed by atoms with E-state index < -0.39 is 0 Å². The Bertz CT molecular complexity index is 151. The van der Waals surface area contributed by atoms with Crippen LogP contribution in [0.2, 0.25) is 0 Å². The third kappa shape index (κ3) is 3.88. The molecule has 1 unspecified atom stereocenters. The summed E-state index contributed by atoms with van der Waals surface area (Å²) in [5.74, 6) is -0.0235. The SMILES string of the molecule is N#CCCC(C#N)CCN. The molecule has 0 bridgehead atoms. The monoisotopic (exact) mass is 137 g/mol. The smallest absolute Gasteiger partial charge is 0.0656 e. The molecule has 0 aliphatic rings. The lowest BCUT2D eigenvalue weighted by Crippen LogP contribution is -2.06. The summed E-state index contributed by atoms with van der Waals surface area (Å²) < 4.78 is 0. The van der Waals surface area contributed by atoms with Gasteiger partial charge in [-0.15, -0.1) is 0 Å². The van der Waals surface area contributed by atoms with Crippen molar-refractivity contribution in [2.75, 3.05) is 6.54 Å². The van der Waals surface area contributed by atoms with Gasteiger partial charge in [-0.25, -0.2) is 0 Å². The lowest BCUT2D eigenvalue weighted by Gasteiger charge is -2.01. The number of nitriles is 2. The summed E-state index contributed by atoms with van der Waals surface area (Å²) in [5.41, 5.74) is 5.24. The van der Waals surface area contributed by atoms with Crippen LogP contribution >= 0.6 is 0 Å². The van der Waals surface area contributed by atoms with Crippen LogP contribution in [0, 0.1) is 28.6 Å². The average Bonchev–Trinajstić information content (AvgIpc) is 1.98. The molecule has 3 nitrogen and oxygen atoms in total. The maximum atomic E-state index is 8.47. The maximum absolute atomic E-state index is 8.47. The van der Waals surface area contributed by atoms with E-state index in [0.717, 1.165) is 0 Å². The largest absolute Gasteiger partial charge is 0.330 e. The van der Waals surface area contributed by atoms with Crippen molar-refractivity contribution in [3.63, 3.8) is 0 Å². The van der Waals surface area contributed by atoms with Crippen molar-refractivity contribution in [2.24, 2.45) is 11.7 Å². The first kappa shape index (κ1) is 8.94. The number of nitrogens with two attached hydrogens (primary N) is 1. The zero-order valence-electron chi connectivity index (χ0n) is 5.88. The zero-order chi connectivity index (χ0) is 7.82. The van der Waals surface area contributed by atoms with Crippen LogP contribution in [-0.2, 0) is 0 Å². The van der Waals surface area contributed by atoms with E-state index in [2.05, 4.69) is 6.07 Å². The molecule has 0 radical (unpaired) electrons. The molecule has 0 rings (SSSR count). The molecule has 10 heavy (non-hydrogen) atoms. The summed E-state index contributed by atoms with van der Waals surface area (Å²) in [6.07, 6.45) is 1.82. The van der Waals surface area contributed by atoms with Gasteiger partial charge in [0.2, 0.25) is 0 Å². The molecule has 2 N–H and O–H groups in total. The fourth-order valence-corrected chi connectivity index (χ4v) is 0.713. The summed E-state index contributed by atoms with van der Waals surface area (Å²) in [5, 5.41) is 16.7. The molecule has 1 atom stereocenters. The summed E-state index contributed by atoms with van der Waals surface area (Å²) >= 11 is 0. The van der Waals surface area contributed by atoms with Crippen LogP contribution < -0.4 is 5.73 Å². The predicted octanol–water partition coefficient (Wildman–Crippen LogP) is 0.779. The number of rotatable bonds is 4. The maximum Gasteiger partial charge on any atom is 0.0656 e. The molecule has 0 amide bonds. The van der Waals surface area contributed by atoms with Crippen LogP contribution in [0.5, 0.6) is 0 Å². The molecular weight excluding hydrogens is 126 g/mol. The average molecular weight is 137 g/mol. The highest BCUT2D eigenvalue weighted by Gasteiger charge is 2.03. The summed E-state index contributed by atoms with van der Waals surface area (Å²) in [6, 6.07) is 4.11. The van der Waals surface area contributed by atoms with Crippen molar-refractivity contribution in [3.8, 4) is 12.1 Å². The first-order valence-electron chi connectivity index (χ1n) is 3.31. The van der Waals surface area contributed by atoms with E-state index in [1.54, 1.807) is 0 Å². The van der Waals surface area contributed by atoms with Gasteiger partial charge in [-0.05, 0) is 19.4 Å². The van der Waals surface area contributed by atoms with Crippen molar-refractivity contribution in [2.45, 2.75) is 19.3 Å². The molecule has 0 aromatic rings. The third-order valence-corrected chi connectivity index (χ3v) is 1.30. The Morgan fingerprint density at radius 1 is 1.30 bits per heavy atom. The Morgan fingerprint density at radius 2 is 2.00 bits per heavy atom. The standard InChI is InChI=1S/C7H11N3/c8-4-1-2-7(6-10)3-5-9/h7H,1-3,5,9H2. The fourth-order valence-electron chi connectivity index (χ4n) is 0.713. The summed E-state index contributed by atoms with van der Waals surface area (Å²) in [4.78, 5) is 0. The molecular formula is C7H11N3. The minimum atomic E-state index is -0.0235. The van der Waals surface area contributed by atoms with Crippen LogP contribution in [0.15, 0.2) is 0 Å². The molecule has 3 heteroatoms. The van der Waals surface area contributed by atoms with Gasteiger partial charge in [0.25, 0.3) is 0 Å². The van der Waals surface area contributed by atoms with Crippen molar-refractivity contribution >= 4 is 0 Å². The number of hydrogen-bond donors (Lipinski definition) is 1. The van der Waals surface area contributed by atoms with Gasteiger partial charge < -0.3 is 5.73 Å². The number of nitrogens with zero attached hydrogens (tertiary/aromatic N) is 2. The van der Waals surface area contributed by atoms with E-state index in [1.165, 1.54) is 0 Å². The molecule has 0 saturated heterocycles. The van der Waals surface area contributed by atoms with Crippen LogP contribution in [0.1, 0.15) is 19.3 Å². The first-order chi connectivity index (χ1) is 4.85. The quantitative estimate of drug-likeness (QED) is 0.622. The van der Waals surface area contributed by atoms with Gasteiger partial charge in [-0.1, -0.05) is 0 Å². The van der Waals surface area contributed by atoms with E-state index in [4.69, 9.17) is 16.3 Å². The van der Waals surface area contributed by atoms with E-state index in [-0.39, 0.29) is 5.92 Å². The molecule has 0 aliphatic heterocycles. The van der Waals surface area contributed by atoms with Crippen molar-refractivity contribution in [1.29, 1.82) is 10.5 Å². The third-order valence-electron chi connectivity index (χ3n) is 1.30. The summed E-state index contributed by atoms with van der Waals surface area (Å²) in [6.45, 7) is 0.531. The summed E-state index contributed by atoms with van der Waals surface area (Å²) in [7, 11) is 0. The van der Waals surface area contributed by atoms with Gasteiger partial charge in [0.05, 0.1) is 12.1 Å². The predicted molar refractivity (Wildman–Crippen MR) is 37.6 cm³/mol. The Labute approximate surface area is 61.1 Å². The van der Waals surface area contributed by atoms with Gasteiger partial charge >= 0.3 is 0 Å². The van der Waals surface area contributed by atoms with Crippen LogP contribution in [-0.4, -0.2) is 6.54 Å². The molecule has 0 aliphatic carbocycles. The van der Waals surface area contributed by atoms with E-state index in [0.29, 0.717) is 25.8 Å². The van der Waals surface area contributed by atoms with Crippen LogP contribution in [0.25, 0.3) is 0 Å². The second-order valence-electron chi connectivity index (χ2n) is 2.10. The minimum absolute atomic E-state index is 0.0235. The molecule has 0 aromatic heterocycles. The van der Waals surface area contributed by atoms with Crippen molar-refractivity contribution < 1.29 is 0 Å². The van der Waals surface area contributed by atoms with E-state index >= 15 is 0 Å². The minimum Gasteiger partial charge on any atom is -0.330 e. The Hall–Kier alpha value is -1.06. The Kier molecular flexibility index (Phi) is 5.42.